The zero-order chi connectivity index (χ0) is 10.1. The van der Waals surface area contributed by atoms with Crippen LogP contribution in [0.3, 0.4) is 0 Å². The first-order valence-electron chi connectivity index (χ1n) is 4.78. The van der Waals surface area contributed by atoms with Crippen LogP contribution in [0.1, 0.15) is 0 Å². The Morgan fingerprint density at radius 2 is 1.87 bits per heavy atom. The van der Waals surface area contributed by atoms with Crippen molar-refractivity contribution < 1.29 is 0 Å². The predicted molar refractivity (Wildman–Crippen MR) is 59.3 cm³/mol. The number of H-pyrrole nitrogens is 1. The predicted octanol–water partition coefficient (Wildman–Crippen LogP) is 2.62. The Hall–Kier alpha value is -2.16. The fraction of sp³-hybridized carbons (Fsp3) is 0. The van der Waals surface area contributed by atoms with Crippen LogP contribution in [0.4, 0.5) is 0 Å². The summed E-state index contributed by atoms with van der Waals surface area (Å²) in [6, 6.07) is 10.2. The lowest BCUT2D eigenvalue weighted by molar-refractivity contribution is 1.24. The van der Waals surface area contributed by atoms with E-state index in [1.54, 1.807) is 12.4 Å². The Morgan fingerprint density at radius 1 is 1.00 bits per heavy atom. The average molecular weight is 195 g/mol. The highest BCUT2D eigenvalue weighted by Crippen LogP contribution is 2.18. The average Bonchev–Trinajstić information content (AvgIpc) is 2.82. The van der Waals surface area contributed by atoms with Crippen LogP contribution in [0.5, 0.6) is 0 Å². The summed E-state index contributed by atoms with van der Waals surface area (Å²) >= 11 is 0. The fourth-order valence-electron chi connectivity index (χ4n) is 1.62. The molecule has 0 aliphatic carbocycles. The van der Waals surface area contributed by atoms with E-state index in [-0.39, 0.29) is 0 Å². The zero-order valence-corrected chi connectivity index (χ0v) is 8.01. The quantitative estimate of drug-likeness (QED) is 0.648. The summed E-state index contributed by atoms with van der Waals surface area (Å²) in [6.45, 7) is 0. The Morgan fingerprint density at radius 3 is 2.67 bits per heavy atom. The van der Waals surface area contributed by atoms with Gasteiger partial charge in [0.15, 0.2) is 5.82 Å². The third-order valence-corrected chi connectivity index (χ3v) is 2.37. The number of rotatable bonds is 1. The molecule has 0 spiro atoms. The Labute approximate surface area is 86.8 Å². The van der Waals surface area contributed by atoms with Gasteiger partial charge in [0.05, 0.1) is 0 Å². The van der Waals surface area contributed by atoms with Crippen molar-refractivity contribution in [3.8, 4) is 11.5 Å². The third-order valence-electron chi connectivity index (χ3n) is 2.37. The number of fused-ring (bicyclic) bond motifs is 1. The van der Waals surface area contributed by atoms with E-state index in [2.05, 4.69) is 21.0 Å². The molecule has 3 rings (SSSR count). The molecule has 1 aromatic carbocycles. The molecule has 0 fully saturated rings. The molecule has 0 saturated carbocycles. The molecular formula is C12H9N3. The SMILES string of the molecule is c1ccc2cc(-c3ncc[nH]3)ncc2c1. The lowest BCUT2D eigenvalue weighted by Gasteiger charge is -1.99. The maximum Gasteiger partial charge on any atom is 0.155 e. The minimum absolute atomic E-state index is 0.806. The molecule has 0 radical (unpaired) electrons. The molecule has 0 amide bonds. The molecule has 0 bridgehead atoms. The number of pyridine rings is 1. The molecule has 0 saturated heterocycles. The molecule has 1 N–H and O–H groups in total. The third kappa shape index (κ3) is 1.38. The van der Waals surface area contributed by atoms with Gasteiger partial charge in [-0.15, -0.1) is 0 Å². The van der Waals surface area contributed by atoms with Crippen molar-refractivity contribution in [2.75, 3.05) is 0 Å². The second kappa shape index (κ2) is 3.20. The lowest BCUT2D eigenvalue weighted by atomic mass is 10.1. The summed E-state index contributed by atoms with van der Waals surface area (Å²) < 4.78 is 0. The molecule has 15 heavy (non-hydrogen) atoms. The van der Waals surface area contributed by atoms with Crippen molar-refractivity contribution in [3.05, 3.63) is 48.9 Å². The van der Waals surface area contributed by atoms with Gasteiger partial charge in [0.25, 0.3) is 0 Å². The van der Waals surface area contributed by atoms with Crippen LogP contribution in [0.2, 0.25) is 0 Å². The van der Waals surface area contributed by atoms with Gasteiger partial charge in [-0.2, -0.15) is 0 Å². The summed E-state index contributed by atoms with van der Waals surface area (Å²) in [5, 5.41) is 2.33. The van der Waals surface area contributed by atoms with Gasteiger partial charge in [0.2, 0.25) is 0 Å². The standard InChI is InChI=1S/C12H9N3/c1-2-4-10-8-15-11(7-9(10)3-1)12-13-5-6-14-12/h1-8H,(H,13,14). The number of imidazole rings is 1. The second-order valence-electron chi connectivity index (χ2n) is 3.35. The summed E-state index contributed by atoms with van der Waals surface area (Å²) in [6.07, 6.45) is 5.39. The van der Waals surface area contributed by atoms with Crippen molar-refractivity contribution in [2.45, 2.75) is 0 Å². The van der Waals surface area contributed by atoms with E-state index >= 15 is 0 Å². The maximum absolute atomic E-state index is 4.36. The van der Waals surface area contributed by atoms with Crippen LogP contribution >= 0.6 is 0 Å². The molecule has 0 atom stereocenters. The van der Waals surface area contributed by atoms with Crippen molar-refractivity contribution in [1.82, 2.24) is 15.0 Å². The Kier molecular flexibility index (Phi) is 1.75. The van der Waals surface area contributed by atoms with Gasteiger partial charge >= 0.3 is 0 Å². The van der Waals surface area contributed by atoms with Crippen LogP contribution in [0, 0.1) is 0 Å². The first-order chi connectivity index (χ1) is 7.43. The number of hydrogen-bond donors (Lipinski definition) is 1. The molecule has 72 valence electrons. The minimum Gasteiger partial charge on any atom is -0.343 e. The number of aromatic amines is 1. The monoisotopic (exact) mass is 195 g/mol. The van der Waals surface area contributed by atoms with E-state index in [0.29, 0.717) is 0 Å². The van der Waals surface area contributed by atoms with Gasteiger partial charge in [0, 0.05) is 24.0 Å². The Balaban J connectivity index is 2.22. The molecule has 3 heteroatoms. The number of nitrogens with zero attached hydrogens (tertiary/aromatic N) is 2. The smallest absolute Gasteiger partial charge is 0.155 e. The van der Waals surface area contributed by atoms with Gasteiger partial charge in [-0.25, -0.2) is 4.98 Å². The molecular weight excluding hydrogens is 186 g/mol. The highest BCUT2D eigenvalue weighted by molar-refractivity contribution is 5.84. The molecule has 0 aliphatic rings. The Bertz CT molecular complexity index is 585. The van der Waals surface area contributed by atoms with E-state index < -0.39 is 0 Å². The van der Waals surface area contributed by atoms with Crippen LogP contribution in [0.25, 0.3) is 22.3 Å². The summed E-state index contributed by atoms with van der Waals surface area (Å²) in [4.78, 5) is 11.6. The van der Waals surface area contributed by atoms with Gasteiger partial charge < -0.3 is 4.98 Å². The molecule has 2 heterocycles. The van der Waals surface area contributed by atoms with Gasteiger partial charge in [-0.1, -0.05) is 24.3 Å². The summed E-state index contributed by atoms with van der Waals surface area (Å²) in [5.41, 5.74) is 0.874. The van der Waals surface area contributed by atoms with E-state index in [9.17, 15) is 0 Å². The first kappa shape index (κ1) is 8.17. The van der Waals surface area contributed by atoms with E-state index in [1.165, 1.54) is 5.39 Å². The van der Waals surface area contributed by atoms with Crippen molar-refractivity contribution in [3.63, 3.8) is 0 Å². The second-order valence-corrected chi connectivity index (χ2v) is 3.35. The number of benzene rings is 1. The van der Waals surface area contributed by atoms with Crippen LogP contribution in [-0.4, -0.2) is 15.0 Å². The largest absolute Gasteiger partial charge is 0.343 e. The van der Waals surface area contributed by atoms with Gasteiger partial charge in [-0.05, 0) is 11.5 Å². The minimum atomic E-state index is 0.806. The topological polar surface area (TPSA) is 41.6 Å². The van der Waals surface area contributed by atoms with Crippen molar-refractivity contribution in [2.24, 2.45) is 0 Å². The number of nitrogens with one attached hydrogen (secondary N) is 1. The molecule has 0 aliphatic heterocycles. The van der Waals surface area contributed by atoms with E-state index in [0.717, 1.165) is 16.9 Å². The van der Waals surface area contributed by atoms with Crippen molar-refractivity contribution >= 4 is 10.8 Å². The van der Waals surface area contributed by atoms with Crippen molar-refractivity contribution in [1.29, 1.82) is 0 Å². The van der Waals surface area contributed by atoms with E-state index in [1.807, 2.05) is 30.5 Å². The summed E-state index contributed by atoms with van der Waals surface area (Å²) in [7, 11) is 0. The zero-order valence-electron chi connectivity index (χ0n) is 8.01. The molecule has 3 aromatic rings. The molecule has 3 nitrogen and oxygen atoms in total. The molecule has 2 aromatic heterocycles. The van der Waals surface area contributed by atoms with Gasteiger partial charge in [-0.3, -0.25) is 4.98 Å². The maximum atomic E-state index is 4.36. The normalized spacial score (nSPS) is 10.7. The number of aromatic nitrogens is 3. The highest BCUT2D eigenvalue weighted by atomic mass is 14.9. The fourth-order valence-corrected chi connectivity index (χ4v) is 1.62. The van der Waals surface area contributed by atoms with Gasteiger partial charge in [0.1, 0.15) is 5.69 Å². The summed E-state index contributed by atoms with van der Waals surface area (Å²) in [5.74, 6) is 0.806. The van der Waals surface area contributed by atoms with Crippen LogP contribution in [-0.2, 0) is 0 Å². The van der Waals surface area contributed by atoms with E-state index in [4.69, 9.17) is 0 Å². The lowest BCUT2D eigenvalue weighted by Crippen LogP contribution is -1.85. The van der Waals surface area contributed by atoms with Crippen LogP contribution < -0.4 is 0 Å². The first-order valence-corrected chi connectivity index (χ1v) is 4.78. The molecule has 0 unspecified atom stereocenters. The van der Waals surface area contributed by atoms with Crippen LogP contribution in [0.15, 0.2) is 48.9 Å². The number of hydrogen-bond acceptors (Lipinski definition) is 2. The highest BCUT2D eigenvalue weighted by Gasteiger charge is 2.01.